The third kappa shape index (κ3) is 5.59. The standard InChI is InChI=1S/C20H25N3O2/c21-20(23-10-12-24-13-11-23)22-14-17-6-8-19(9-7-17)16-25-15-18-4-2-1-3-5-18/h1-9H,10-16H2,(H2,21,22). The van der Waals surface area contributed by atoms with Crippen molar-refractivity contribution in [2.45, 2.75) is 19.8 Å². The Labute approximate surface area is 149 Å². The molecule has 25 heavy (non-hydrogen) atoms. The molecule has 0 unspecified atom stereocenters. The maximum atomic E-state index is 6.05. The Morgan fingerprint density at radius 3 is 2.20 bits per heavy atom. The number of aliphatic imine (C=N–C) groups is 1. The zero-order valence-corrected chi connectivity index (χ0v) is 14.4. The molecule has 0 radical (unpaired) electrons. The van der Waals surface area contributed by atoms with Crippen LogP contribution in [0.25, 0.3) is 0 Å². The van der Waals surface area contributed by atoms with Crippen LogP contribution in [0.4, 0.5) is 0 Å². The van der Waals surface area contributed by atoms with Crippen molar-refractivity contribution in [1.29, 1.82) is 0 Å². The number of nitrogens with zero attached hydrogens (tertiary/aromatic N) is 2. The number of rotatable bonds is 6. The number of nitrogens with two attached hydrogens (primary N) is 1. The number of ether oxygens (including phenoxy) is 2. The largest absolute Gasteiger partial charge is 0.378 e. The first-order valence-electron chi connectivity index (χ1n) is 8.63. The van der Waals surface area contributed by atoms with Crippen molar-refractivity contribution in [2.24, 2.45) is 10.7 Å². The summed E-state index contributed by atoms with van der Waals surface area (Å²) in [6, 6.07) is 18.5. The fourth-order valence-electron chi connectivity index (χ4n) is 2.67. The molecule has 1 aliphatic rings. The second-order valence-corrected chi connectivity index (χ2v) is 6.07. The minimum Gasteiger partial charge on any atom is -0.378 e. The Hall–Kier alpha value is -2.37. The van der Waals surface area contributed by atoms with E-state index in [2.05, 4.69) is 46.3 Å². The lowest BCUT2D eigenvalue weighted by Crippen LogP contribution is -2.44. The van der Waals surface area contributed by atoms with Crippen LogP contribution in [0.15, 0.2) is 59.6 Å². The van der Waals surface area contributed by atoms with Gasteiger partial charge in [-0.2, -0.15) is 0 Å². The Bertz CT molecular complexity index is 665. The van der Waals surface area contributed by atoms with E-state index in [0.29, 0.717) is 38.9 Å². The predicted octanol–water partition coefficient (Wildman–Crippen LogP) is 2.55. The van der Waals surface area contributed by atoms with E-state index >= 15 is 0 Å². The fraction of sp³-hybridized carbons (Fsp3) is 0.350. The normalized spacial score (nSPS) is 15.4. The Kier molecular flexibility index (Phi) is 6.42. The van der Waals surface area contributed by atoms with Gasteiger partial charge in [-0.05, 0) is 16.7 Å². The number of benzene rings is 2. The van der Waals surface area contributed by atoms with Crippen molar-refractivity contribution >= 4 is 5.96 Å². The molecule has 0 bridgehead atoms. The van der Waals surface area contributed by atoms with Crippen molar-refractivity contribution in [2.75, 3.05) is 26.3 Å². The van der Waals surface area contributed by atoms with E-state index in [-0.39, 0.29) is 0 Å². The number of hydrogen-bond acceptors (Lipinski definition) is 3. The average molecular weight is 339 g/mol. The van der Waals surface area contributed by atoms with Crippen LogP contribution in [0.2, 0.25) is 0 Å². The molecule has 0 aliphatic carbocycles. The Balaban J connectivity index is 1.45. The molecule has 1 fully saturated rings. The molecule has 2 N–H and O–H groups in total. The maximum Gasteiger partial charge on any atom is 0.191 e. The van der Waals surface area contributed by atoms with Crippen LogP contribution in [0.5, 0.6) is 0 Å². The van der Waals surface area contributed by atoms with Gasteiger partial charge in [-0.25, -0.2) is 4.99 Å². The number of guanidine groups is 1. The highest BCUT2D eigenvalue weighted by Crippen LogP contribution is 2.09. The van der Waals surface area contributed by atoms with Gasteiger partial charge in [-0.3, -0.25) is 0 Å². The summed E-state index contributed by atoms with van der Waals surface area (Å²) in [5.41, 5.74) is 9.53. The summed E-state index contributed by atoms with van der Waals surface area (Å²) in [7, 11) is 0. The molecule has 5 heteroatoms. The van der Waals surface area contributed by atoms with Gasteiger partial charge < -0.3 is 20.1 Å². The topological polar surface area (TPSA) is 60.1 Å². The van der Waals surface area contributed by atoms with Gasteiger partial charge in [-0.1, -0.05) is 54.6 Å². The summed E-state index contributed by atoms with van der Waals surface area (Å²) in [6.07, 6.45) is 0. The molecule has 0 atom stereocenters. The van der Waals surface area contributed by atoms with E-state index in [1.807, 2.05) is 18.2 Å². The van der Waals surface area contributed by atoms with Crippen LogP contribution in [0, 0.1) is 0 Å². The summed E-state index contributed by atoms with van der Waals surface area (Å²) >= 11 is 0. The van der Waals surface area contributed by atoms with E-state index in [0.717, 1.165) is 24.2 Å². The molecule has 5 nitrogen and oxygen atoms in total. The molecule has 2 aromatic carbocycles. The van der Waals surface area contributed by atoms with Crippen LogP contribution < -0.4 is 5.73 Å². The van der Waals surface area contributed by atoms with Crippen LogP contribution in [-0.2, 0) is 29.2 Å². The SMILES string of the molecule is NC(=NCc1ccc(COCc2ccccc2)cc1)N1CCOCC1. The van der Waals surface area contributed by atoms with Crippen molar-refractivity contribution in [3.05, 3.63) is 71.3 Å². The van der Waals surface area contributed by atoms with E-state index in [1.54, 1.807) is 0 Å². The van der Waals surface area contributed by atoms with Crippen LogP contribution in [-0.4, -0.2) is 37.2 Å². The highest BCUT2D eigenvalue weighted by atomic mass is 16.5. The van der Waals surface area contributed by atoms with Gasteiger partial charge in [0.05, 0.1) is 33.0 Å². The predicted molar refractivity (Wildman–Crippen MR) is 99.1 cm³/mol. The van der Waals surface area contributed by atoms with E-state index in [1.165, 1.54) is 5.56 Å². The van der Waals surface area contributed by atoms with Crippen molar-refractivity contribution < 1.29 is 9.47 Å². The zero-order valence-electron chi connectivity index (χ0n) is 14.4. The van der Waals surface area contributed by atoms with Crippen LogP contribution >= 0.6 is 0 Å². The molecule has 132 valence electrons. The molecular formula is C20H25N3O2. The van der Waals surface area contributed by atoms with Crippen LogP contribution in [0.1, 0.15) is 16.7 Å². The molecule has 0 amide bonds. The van der Waals surface area contributed by atoms with Gasteiger partial charge in [0.25, 0.3) is 0 Å². The molecule has 0 saturated carbocycles. The van der Waals surface area contributed by atoms with Gasteiger partial charge in [0.2, 0.25) is 0 Å². The van der Waals surface area contributed by atoms with Crippen LogP contribution in [0.3, 0.4) is 0 Å². The van der Waals surface area contributed by atoms with Crippen molar-refractivity contribution in [1.82, 2.24) is 4.90 Å². The first-order chi connectivity index (χ1) is 12.3. The first-order valence-corrected chi connectivity index (χ1v) is 8.63. The maximum absolute atomic E-state index is 6.05. The Morgan fingerprint density at radius 1 is 0.920 bits per heavy atom. The summed E-state index contributed by atoms with van der Waals surface area (Å²) in [5, 5.41) is 0. The second-order valence-electron chi connectivity index (χ2n) is 6.07. The lowest BCUT2D eigenvalue weighted by Gasteiger charge is -2.27. The smallest absolute Gasteiger partial charge is 0.191 e. The molecule has 1 aliphatic heterocycles. The second kappa shape index (κ2) is 9.20. The van der Waals surface area contributed by atoms with E-state index < -0.39 is 0 Å². The summed E-state index contributed by atoms with van der Waals surface area (Å²) in [5.74, 6) is 0.596. The third-order valence-electron chi connectivity index (χ3n) is 4.16. The monoisotopic (exact) mass is 339 g/mol. The van der Waals surface area contributed by atoms with E-state index in [4.69, 9.17) is 15.2 Å². The van der Waals surface area contributed by atoms with Gasteiger partial charge in [0.1, 0.15) is 0 Å². The van der Waals surface area contributed by atoms with Gasteiger partial charge in [-0.15, -0.1) is 0 Å². The van der Waals surface area contributed by atoms with Crippen molar-refractivity contribution in [3.63, 3.8) is 0 Å². The van der Waals surface area contributed by atoms with E-state index in [9.17, 15) is 0 Å². The zero-order chi connectivity index (χ0) is 17.3. The molecule has 0 aromatic heterocycles. The lowest BCUT2D eigenvalue weighted by molar-refractivity contribution is 0.0674. The number of morpholine rings is 1. The van der Waals surface area contributed by atoms with Gasteiger partial charge in [0, 0.05) is 13.1 Å². The average Bonchev–Trinajstić information content (AvgIpc) is 2.68. The highest BCUT2D eigenvalue weighted by molar-refractivity contribution is 5.78. The third-order valence-corrected chi connectivity index (χ3v) is 4.16. The lowest BCUT2D eigenvalue weighted by atomic mass is 10.1. The highest BCUT2D eigenvalue weighted by Gasteiger charge is 2.11. The molecule has 3 rings (SSSR count). The molecule has 1 saturated heterocycles. The fourth-order valence-corrected chi connectivity index (χ4v) is 2.67. The molecular weight excluding hydrogens is 314 g/mol. The van der Waals surface area contributed by atoms with Gasteiger partial charge in [0.15, 0.2) is 5.96 Å². The summed E-state index contributed by atoms with van der Waals surface area (Å²) in [4.78, 5) is 6.55. The first kappa shape index (κ1) is 17.5. The minimum atomic E-state index is 0.592. The molecule has 2 aromatic rings. The molecule has 0 spiro atoms. The Morgan fingerprint density at radius 2 is 1.52 bits per heavy atom. The minimum absolute atomic E-state index is 0.592. The quantitative estimate of drug-likeness (QED) is 0.649. The van der Waals surface area contributed by atoms with Crippen molar-refractivity contribution in [3.8, 4) is 0 Å². The summed E-state index contributed by atoms with van der Waals surface area (Å²) < 4.78 is 11.1. The summed E-state index contributed by atoms with van der Waals surface area (Å²) in [6.45, 7) is 4.88. The molecule has 1 heterocycles. The van der Waals surface area contributed by atoms with Gasteiger partial charge >= 0.3 is 0 Å². The number of hydrogen-bond donors (Lipinski definition) is 1.